The first-order chi connectivity index (χ1) is 15.6. The number of aromatic nitrogens is 1. The minimum absolute atomic E-state index is 0.0478. The van der Waals surface area contributed by atoms with E-state index >= 15 is 0 Å². The van der Waals surface area contributed by atoms with Gasteiger partial charge in [-0.1, -0.05) is 17.9 Å². The van der Waals surface area contributed by atoms with Crippen LogP contribution in [-0.4, -0.2) is 32.4 Å². The van der Waals surface area contributed by atoms with Crippen molar-refractivity contribution in [3.8, 4) is 5.75 Å². The van der Waals surface area contributed by atoms with E-state index in [0.717, 1.165) is 11.3 Å². The van der Waals surface area contributed by atoms with Gasteiger partial charge in [-0.05, 0) is 53.6 Å². The van der Waals surface area contributed by atoms with Crippen LogP contribution in [-0.2, 0) is 14.8 Å². The topological polar surface area (TPSA) is 136 Å². The van der Waals surface area contributed by atoms with Crippen molar-refractivity contribution < 1.29 is 22.3 Å². The lowest BCUT2D eigenvalue weighted by atomic mass is 10.1. The molecule has 12 heteroatoms. The number of rotatable bonds is 7. The summed E-state index contributed by atoms with van der Waals surface area (Å²) in [5.41, 5.74) is 6.70. The first-order valence-electron chi connectivity index (χ1n) is 9.33. The lowest BCUT2D eigenvalue weighted by Gasteiger charge is -2.04. The van der Waals surface area contributed by atoms with E-state index in [4.69, 9.17) is 10.5 Å². The van der Waals surface area contributed by atoms with Crippen LogP contribution in [0.25, 0.3) is 15.8 Å². The number of amides is 1. The standard InChI is InChI=1S/C21H20FN5O4S2/c1-12(14-10-17(22)19-18(11-14)32-21(26-19)25-13(2)28)8-9-24-20(23)27-33(29,30)16-6-4-15(31-3)5-7-16/h4-11H,1H2,2-3H3,(H3,23,24,27)(H,25,26,28)/b9-8-. The van der Waals surface area contributed by atoms with Crippen molar-refractivity contribution in [2.75, 3.05) is 12.4 Å². The summed E-state index contributed by atoms with van der Waals surface area (Å²) < 4.78 is 48.1. The zero-order valence-electron chi connectivity index (χ0n) is 17.6. The Morgan fingerprint density at radius 1 is 1.30 bits per heavy atom. The van der Waals surface area contributed by atoms with Crippen molar-refractivity contribution in [1.29, 1.82) is 0 Å². The van der Waals surface area contributed by atoms with E-state index < -0.39 is 15.8 Å². The predicted octanol–water partition coefficient (Wildman–Crippen LogP) is 3.22. The Bertz CT molecular complexity index is 1380. The highest BCUT2D eigenvalue weighted by Gasteiger charge is 2.14. The number of hydrogen-bond acceptors (Lipinski definition) is 6. The number of allylic oxidation sites excluding steroid dienone is 2. The average Bonchev–Trinajstić information content (AvgIpc) is 3.15. The number of nitrogens with two attached hydrogens (primary N) is 1. The first-order valence-corrected chi connectivity index (χ1v) is 11.6. The molecule has 4 N–H and O–H groups in total. The maximum absolute atomic E-state index is 14.4. The van der Waals surface area contributed by atoms with Crippen molar-refractivity contribution in [1.82, 2.24) is 10.3 Å². The van der Waals surface area contributed by atoms with Crippen LogP contribution in [0, 0.1) is 5.82 Å². The van der Waals surface area contributed by atoms with E-state index in [-0.39, 0.29) is 22.3 Å². The SMILES string of the molecule is C=C(/C=C\NC(N)=NS(=O)(=O)c1ccc(OC)cc1)c1cc(F)c2nc(NC(C)=O)sc2c1. The summed E-state index contributed by atoms with van der Waals surface area (Å²) in [7, 11) is -2.55. The quantitative estimate of drug-likeness (QED) is 0.263. The second-order valence-electron chi connectivity index (χ2n) is 6.64. The fourth-order valence-corrected chi connectivity index (χ4v) is 4.52. The molecule has 0 fully saturated rings. The Labute approximate surface area is 193 Å². The normalized spacial score (nSPS) is 12.2. The van der Waals surface area contributed by atoms with Crippen LogP contribution in [0.1, 0.15) is 12.5 Å². The third kappa shape index (κ3) is 5.93. The van der Waals surface area contributed by atoms with Crippen LogP contribution in [0.5, 0.6) is 5.75 Å². The van der Waals surface area contributed by atoms with E-state index in [1.807, 2.05) is 0 Å². The number of hydrogen-bond donors (Lipinski definition) is 3. The zero-order valence-corrected chi connectivity index (χ0v) is 19.3. The Hall–Kier alpha value is -3.77. The number of fused-ring (bicyclic) bond motifs is 1. The van der Waals surface area contributed by atoms with Gasteiger partial charge in [0.1, 0.15) is 11.3 Å². The van der Waals surface area contributed by atoms with Crippen molar-refractivity contribution >= 4 is 54.1 Å². The summed E-state index contributed by atoms with van der Waals surface area (Å²) in [5, 5.41) is 5.36. The van der Waals surface area contributed by atoms with Gasteiger partial charge in [-0.3, -0.25) is 4.79 Å². The van der Waals surface area contributed by atoms with Gasteiger partial charge in [0.05, 0.1) is 16.7 Å². The molecule has 33 heavy (non-hydrogen) atoms. The molecule has 0 radical (unpaired) electrons. The molecule has 1 aromatic heterocycles. The van der Waals surface area contributed by atoms with Crippen LogP contribution >= 0.6 is 11.3 Å². The summed E-state index contributed by atoms with van der Waals surface area (Å²) in [6.07, 6.45) is 2.82. The highest BCUT2D eigenvalue weighted by Crippen LogP contribution is 2.31. The average molecular weight is 490 g/mol. The molecule has 1 heterocycles. The molecule has 0 saturated carbocycles. The largest absolute Gasteiger partial charge is 0.497 e. The number of halogens is 1. The monoisotopic (exact) mass is 489 g/mol. The van der Waals surface area contributed by atoms with E-state index in [1.54, 1.807) is 6.07 Å². The number of guanidine groups is 1. The molecule has 0 bridgehead atoms. The molecule has 0 saturated heterocycles. The van der Waals surface area contributed by atoms with Gasteiger partial charge in [-0.25, -0.2) is 9.37 Å². The molecule has 0 spiro atoms. The number of carbonyl (C=O) groups is 1. The lowest BCUT2D eigenvalue weighted by molar-refractivity contribution is -0.114. The summed E-state index contributed by atoms with van der Waals surface area (Å²) >= 11 is 1.13. The molecule has 1 amide bonds. The Kier molecular flexibility index (Phi) is 7.09. The number of benzene rings is 2. The molecule has 3 rings (SSSR count). The predicted molar refractivity (Wildman–Crippen MR) is 127 cm³/mol. The number of ether oxygens (including phenoxy) is 1. The van der Waals surface area contributed by atoms with Crippen molar-refractivity contribution in [3.05, 3.63) is 66.6 Å². The van der Waals surface area contributed by atoms with Gasteiger partial charge in [0.2, 0.25) is 11.9 Å². The van der Waals surface area contributed by atoms with Gasteiger partial charge in [0.25, 0.3) is 10.0 Å². The molecule has 0 aliphatic carbocycles. The number of anilines is 1. The number of methoxy groups -OCH3 is 1. The Morgan fingerprint density at radius 3 is 2.64 bits per heavy atom. The second-order valence-corrected chi connectivity index (χ2v) is 9.27. The minimum atomic E-state index is -4.02. The summed E-state index contributed by atoms with van der Waals surface area (Å²) in [6, 6.07) is 8.63. The molecule has 0 atom stereocenters. The van der Waals surface area contributed by atoms with Gasteiger partial charge in [0, 0.05) is 13.1 Å². The fraction of sp³-hybridized carbons (Fsp3) is 0.0952. The number of sulfonamides is 1. The smallest absolute Gasteiger partial charge is 0.285 e. The molecular weight excluding hydrogens is 469 g/mol. The third-order valence-electron chi connectivity index (χ3n) is 4.19. The van der Waals surface area contributed by atoms with Crippen LogP contribution in [0.2, 0.25) is 0 Å². The van der Waals surface area contributed by atoms with Gasteiger partial charge in [0.15, 0.2) is 10.9 Å². The molecule has 0 unspecified atom stereocenters. The maximum Gasteiger partial charge on any atom is 0.285 e. The number of carbonyl (C=O) groups excluding carboxylic acids is 1. The van der Waals surface area contributed by atoms with Crippen molar-refractivity contribution in [2.45, 2.75) is 11.8 Å². The first kappa shape index (κ1) is 23.9. The summed E-state index contributed by atoms with van der Waals surface area (Å²) in [5.74, 6) is -0.727. The number of nitrogens with zero attached hydrogens (tertiary/aromatic N) is 2. The summed E-state index contributed by atoms with van der Waals surface area (Å²) in [6.45, 7) is 5.21. The molecular formula is C21H20FN5O4S2. The van der Waals surface area contributed by atoms with Gasteiger partial charge in [-0.2, -0.15) is 8.42 Å². The molecule has 2 aromatic carbocycles. The molecule has 3 aromatic rings. The summed E-state index contributed by atoms with van der Waals surface area (Å²) in [4.78, 5) is 15.2. The van der Waals surface area contributed by atoms with E-state index in [2.05, 4.69) is 26.6 Å². The van der Waals surface area contributed by atoms with Crippen LogP contribution < -0.4 is 21.1 Å². The van der Waals surface area contributed by atoms with Gasteiger partial charge < -0.3 is 21.1 Å². The zero-order chi connectivity index (χ0) is 24.2. The van der Waals surface area contributed by atoms with Crippen molar-refractivity contribution in [2.24, 2.45) is 10.1 Å². The Balaban J connectivity index is 1.72. The van der Waals surface area contributed by atoms with E-state index in [1.165, 1.54) is 56.6 Å². The highest BCUT2D eigenvalue weighted by molar-refractivity contribution is 7.90. The van der Waals surface area contributed by atoms with Gasteiger partial charge >= 0.3 is 0 Å². The van der Waals surface area contributed by atoms with Gasteiger partial charge in [-0.15, -0.1) is 4.40 Å². The third-order valence-corrected chi connectivity index (χ3v) is 6.42. The molecule has 172 valence electrons. The van der Waals surface area contributed by atoms with Crippen LogP contribution in [0.3, 0.4) is 0 Å². The molecule has 0 aliphatic rings. The lowest BCUT2D eigenvalue weighted by Crippen LogP contribution is -2.28. The highest BCUT2D eigenvalue weighted by atomic mass is 32.2. The van der Waals surface area contributed by atoms with E-state index in [9.17, 15) is 17.6 Å². The Morgan fingerprint density at radius 2 is 2.00 bits per heavy atom. The van der Waals surface area contributed by atoms with Crippen LogP contribution in [0.4, 0.5) is 9.52 Å². The van der Waals surface area contributed by atoms with Crippen molar-refractivity contribution in [3.63, 3.8) is 0 Å². The number of nitrogens with one attached hydrogen (secondary N) is 2. The number of thiazole rings is 1. The van der Waals surface area contributed by atoms with Crippen LogP contribution in [0.15, 0.2) is 64.5 Å². The molecule has 0 aliphatic heterocycles. The minimum Gasteiger partial charge on any atom is -0.497 e. The molecule has 9 nitrogen and oxygen atoms in total. The van der Waals surface area contributed by atoms with E-state index in [0.29, 0.717) is 26.7 Å². The fourth-order valence-electron chi connectivity index (χ4n) is 2.66. The second kappa shape index (κ2) is 9.79. The maximum atomic E-state index is 14.4.